The molecule has 0 bridgehead atoms. The summed E-state index contributed by atoms with van der Waals surface area (Å²) in [6, 6.07) is -0.0773. The molecule has 0 aromatic carbocycles. The molecule has 0 saturated heterocycles. The van der Waals surface area contributed by atoms with E-state index < -0.39 is 5.60 Å². The molecular formula is C13H26N2O3. The van der Waals surface area contributed by atoms with Gasteiger partial charge in [0.1, 0.15) is 11.4 Å². The maximum Gasteiger partial charge on any atom is 0.407 e. The van der Waals surface area contributed by atoms with Crippen LogP contribution in [-0.2, 0) is 9.53 Å². The van der Waals surface area contributed by atoms with Gasteiger partial charge in [-0.1, -0.05) is 0 Å². The zero-order chi connectivity index (χ0) is 14.2. The molecule has 0 aromatic rings. The van der Waals surface area contributed by atoms with E-state index in [-0.39, 0.29) is 17.9 Å². The fourth-order valence-electron chi connectivity index (χ4n) is 1.53. The Balaban J connectivity index is 3.62. The largest absolute Gasteiger partial charge is 0.444 e. The molecule has 1 amide bonds. The number of unbranched alkanes of at least 4 members (excludes halogenated alkanes) is 1. The Morgan fingerprint density at radius 2 is 1.83 bits per heavy atom. The molecule has 0 aromatic heterocycles. The third-order valence-corrected chi connectivity index (χ3v) is 2.43. The molecule has 0 spiro atoms. The highest BCUT2D eigenvalue weighted by atomic mass is 16.6. The number of likely N-dealkylation sites (N-methyl/N-ethyl adjacent to an activating group) is 1. The summed E-state index contributed by atoms with van der Waals surface area (Å²) in [5.41, 5.74) is -0.462. The van der Waals surface area contributed by atoms with Gasteiger partial charge in [0.15, 0.2) is 0 Å². The van der Waals surface area contributed by atoms with Gasteiger partial charge in [0.05, 0.1) is 6.04 Å². The minimum Gasteiger partial charge on any atom is -0.444 e. The average Bonchev–Trinajstić information content (AvgIpc) is 2.20. The molecule has 1 atom stereocenters. The number of carbonyl (C=O) groups excluding carboxylic acids is 2. The van der Waals surface area contributed by atoms with E-state index in [9.17, 15) is 9.59 Å². The smallest absolute Gasteiger partial charge is 0.407 e. The van der Waals surface area contributed by atoms with Gasteiger partial charge in [-0.05, 0) is 54.0 Å². The minimum atomic E-state index is -0.462. The molecule has 2 N–H and O–H groups in total. The highest BCUT2D eigenvalue weighted by Crippen LogP contribution is 2.06. The highest BCUT2D eigenvalue weighted by molar-refractivity contribution is 5.81. The number of hydrogen-bond donors (Lipinski definition) is 2. The summed E-state index contributed by atoms with van der Waals surface area (Å²) < 4.78 is 5.11. The summed E-state index contributed by atoms with van der Waals surface area (Å²) in [6.45, 7) is 7.65. The summed E-state index contributed by atoms with van der Waals surface area (Å²) in [4.78, 5) is 22.5. The van der Waals surface area contributed by atoms with E-state index in [2.05, 4.69) is 10.6 Å². The van der Waals surface area contributed by atoms with Crippen molar-refractivity contribution in [3.05, 3.63) is 0 Å². The Bertz CT molecular complexity index is 272. The van der Waals surface area contributed by atoms with Crippen LogP contribution in [0.2, 0.25) is 0 Å². The fraction of sp³-hybridized carbons (Fsp3) is 0.846. The molecule has 18 heavy (non-hydrogen) atoms. The second kappa shape index (κ2) is 8.08. The highest BCUT2D eigenvalue weighted by Gasteiger charge is 2.15. The van der Waals surface area contributed by atoms with Crippen LogP contribution in [0.5, 0.6) is 0 Å². The first-order chi connectivity index (χ1) is 8.26. The van der Waals surface area contributed by atoms with Gasteiger partial charge in [0.2, 0.25) is 0 Å². The van der Waals surface area contributed by atoms with E-state index >= 15 is 0 Å². The van der Waals surface area contributed by atoms with Crippen molar-refractivity contribution in [2.45, 2.75) is 58.6 Å². The van der Waals surface area contributed by atoms with E-state index in [4.69, 9.17) is 4.74 Å². The molecule has 0 rings (SSSR count). The van der Waals surface area contributed by atoms with Crippen LogP contribution < -0.4 is 10.6 Å². The molecule has 0 fully saturated rings. The first kappa shape index (κ1) is 16.9. The molecule has 0 unspecified atom stereocenters. The Hall–Kier alpha value is -1.10. The number of Topliss-reactive ketones (excluding diaryl/α,β-unsaturated/α-hetero) is 1. The van der Waals surface area contributed by atoms with Gasteiger partial charge in [-0.3, -0.25) is 4.79 Å². The number of nitrogens with one attached hydrogen (secondary N) is 2. The molecule has 0 aliphatic carbocycles. The van der Waals surface area contributed by atoms with Crippen molar-refractivity contribution in [1.82, 2.24) is 10.6 Å². The van der Waals surface area contributed by atoms with Crippen LogP contribution in [0.4, 0.5) is 4.79 Å². The van der Waals surface area contributed by atoms with Crippen molar-refractivity contribution in [3.63, 3.8) is 0 Å². The second-order valence-electron chi connectivity index (χ2n) is 5.38. The Morgan fingerprint density at radius 3 is 2.28 bits per heavy atom. The van der Waals surface area contributed by atoms with Crippen LogP contribution in [-0.4, -0.2) is 37.1 Å². The van der Waals surface area contributed by atoms with Gasteiger partial charge >= 0.3 is 6.09 Å². The second-order valence-corrected chi connectivity index (χ2v) is 5.38. The summed E-state index contributed by atoms with van der Waals surface area (Å²) >= 11 is 0. The Labute approximate surface area is 110 Å². The minimum absolute atomic E-state index is 0.0773. The summed E-state index contributed by atoms with van der Waals surface area (Å²) in [6.07, 6.45) is 2.13. The zero-order valence-corrected chi connectivity index (χ0v) is 12.1. The number of ether oxygens (including phenoxy) is 1. The Morgan fingerprint density at radius 1 is 1.22 bits per heavy atom. The van der Waals surface area contributed by atoms with E-state index in [0.29, 0.717) is 6.54 Å². The first-order valence-electron chi connectivity index (χ1n) is 6.41. The van der Waals surface area contributed by atoms with Gasteiger partial charge < -0.3 is 15.4 Å². The lowest BCUT2D eigenvalue weighted by molar-refractivity contribution is -0.119. The molecule has 0 aliphatic rings. The van der Waals surface area contributed by atoms with E-state index in [0.717, 1.165) is 19.3 Å². The lowest BCUT2D eigenvalue weighted by Crippen LogP contribution is -2.34. The van der Waals surface area contributed by atoms with Gasteiger partial charge in [0, 0.05) is 6.54 Å². The van der Waals surface area contributed by atoms with Crippen LogP contribution in [0.1, 0.15) is 47.0 Å². The predicted molar refractivity (Wildman–Crippen MR) is 71.6 cm³/mol. The lowest BCUT2D eigenvalue weighted by atomic mass is 10.1. The first-order valence-corrected chi connectivity index (χ1v) is 6.41. The maximum absolute atomic E-state index is 11.3. The van der Waals surface area contributed by atoms with Crippen molar-refractivity contribution in [1.29, 1.82) is 0 Å². The van der Waals surface area contributed by atoms with Crippen molar-refractivity contribution < 1.29 is 14.3 Å². The maximum atomic E-state index is 11.3. The normalized spacial score (nSPS) is 12.9. The number of amides is 1. The van der Waals surface area contributed by atoms with Crippen molar-refractivity contribution in [2.75, 3.05) is 13.6 Å². The topological polar surface area (TPSA) is 67.4 Å². The average molecular weight is 258 g/mol. The predicted octanol–water partition coefficient (Wildman–Crippen LogP) is 1.86. The molecule has 0 radical (unpaired) electrons. The van der Waals surface area contributed by atoms with Crippen LogP contribution in [0.3, 0.4) is 0 Å². The van der Waals surface area contributed by atoms with Gasteiger partial charge in [-0.2, -0.15) is 0 Å². The Kier molecular flexibility index (Phi) is 7.59. The van der Waals surface area contributed by atoms with Crippen LogP contribution in [0, 0.1) is 0 Å². The number of carbonyl (C=O) groups is 2. The third-order valence-electron chi connectivity index (χ3n) is 2.43. The van der Waals surface area contributed by atoms with E-state index in [1.54, 1.807) is 14.0 Å². The quantitative estimate of drug-likeness (QED) is 0.684. The van der Waals surface area contributed by atoms with Gasteiger partial charge in [0.25, 0.3) is 0 Å². The SMILES string of the molecule is CN[C@@H](CCCCNC(=O)OC(C)(C)C)C(C)=O. The van der Waals surface area contributed by atoms with Crippen molar-refractivity contribution >= 4 is 11.9 Å². The van der Waals surface area contributed by atoms with Crippen LogP contribution in [0.25, 0.3) is 0 Å². The summed E-state index contributed by atoms with van der Waals surface area (Å²) in [5, 5.41) is 5.66. The summed E-state index contributed by atoms with van der Waals surface area (Å²) in [5.74, 6) is 0.151. The van der Waals surface area contributed by atoms with E-state index in [1.165, 1.54) is 0 Å². The molecule has 0 heterocycles. The molecule has 5 heteroatoms. The molecule has 5 nitrogen and oxygen atoms in total. The standard InChI is InChI=1S/C13H26N2O3/c1-10(16)11(14-5)8-6-7-9-15-12(17)18-13(2,3)4/h11,14H,6-9H2,1-5H3,(H,15,17)/t11-/m0/s1. The lowest BCUT2D eigenvalue weighted by Gasteiger charge is -2.19. The van der Waals surface area contributed by atoms with Gasteiger partial charge in [-0.25, -0.2) is 4.79 Å². The summed E-state index contributed by atoms with van der Waals surface area (Å²) in [7, 11) is 1.78. The number of rotatable bonds is 7. The number of alkyl carbamates (subject to hydrolysis) is 1. The molecular weight excluding hydrogens is 232 g/mol. The fourth-order valence-corrected chi connectivity index (χ4v) is 1.53. The van der Waals surface area contributed by atoms with Gasteiger partial charge in [-0.15, -0.1) is 0 Å². The van der Waals surface area contributed by atoms with Crippen LogP contribution in [0.15, 0.2) is 0 Å². The van der Waals surface area contributed by atoms with Crippen molar-refractivity contribution in [2.24, 2.45) is 0 Å². The zero-order valence-electron chi connectivity index (χ0n) is 12.1. The van der Waals surface area contributed by atoms with E-state index in [1.807, 2.05) is 20.8 Å². The van der Waals surface area contributed by atoms with Crippen LogP contribution >= 0.6 is 0 Å². The number of ketones is 1. The number of hydrogen-bond acceptors (Lipinski definition) is 4. The molecule has 0 saturated carbocycles. The van der Waals surface area contributed by atoms with Crippen molar-refractivity contribution in [3.8, 4) is 0 Å². The third kappa shape index (κ3) is 8.98. The monoisotopic (exact) mass is 258 g/mol. The molecule has 106 valence electrons. The molecule has 0 aliphatic heterocycles.